The Morgan fingerprint density at radius 1 is 0.445 bits per heavy atom. The van der Waals surface area contributed by atoms with Crippen molar-refractivity contribution >= 4 is 128 Å². The number of nitrogens with zero attached hydrogens (tertiary/aromatic N) is 4. The Balaban J connectivity index is 0.000000172. The van der Waals surface area contributed by atoms with Crippen LogP contribution < -0.4 is 40.8 Å². The summed E-state index contributed by atoms with van der Waals surface area (Å²) < 4.78 is 21.1. The number of ketones is 1. The van der Waals surface area contributed by atoms with Gasteiger partial charge in [-0.3, -0.25) is 48.1 Å². The van der Waals surface area contributed by atoms with Gasteiger partial charge >= 0.3 is 12.1 Å². The second kappa shape index (κ2) is 44.5. The fraction of sp³-hybridized carbons (Fsp3) is 0.438. The third kappa shape index (κ3) is 24.4. The van der Waals surface area contributed by atoms with Crippen molar-refractivity contribution in [3.63, 3.8) is 0 Å². The number of carboxylic acids is 1. The number of hydrogen-bond acceptors (Lipinski definition) is 19. The monoisotopic (exact) mass is 1840 g/mol. The summed E-state index contributed by atoms with van der Waals surface area (Å²) in [5.41, 5.74) is 0.760. The fourth-order valence-corrected chi connectivity index (χ4v) is 18.6. The lowest BCUT2D eigenvalue weighted by atomic mass is 9.77. The molecule has 9 atom stereocenters. The van der Waals surface area contributed by atoms with E-state index in [0.717, 1.165) is 98.1 Å². The van der Waals surface area contributed by atoms with Crippen LogP contribution >= 0.6 is 46.4 Å². The number of halogens is 4. The van der Waals surface area contributed by atoms with Crippen LogP contribution in [0.25, 0.3) is 0 Å². The largest absolute Gasteiger partial charge is 0.497 e. The zero-order valence-electron chi connectivity index (χ0n) is 72.7. The molecule has 15 rings (SSSR count). The zero-order valence-corrected chi connectivity index (χ0v) is 75.8. The van der Waals surface area contributed by atoms with Gasteiger partial charge in [0.15, 0.2) is 5.78 Å². The van der Waals surface area contributed by atoms with Crippen LogP contribution in [0, 0.1) is 12.8 Å². The molecule has 0 aromatic heterocycles. The Labute approximate surface area is 766 Å². The Hall–Kier alpha value is -10.8. The average molecular weight is 1840 g/mol. The van der Waals surface area contributed by atoms with E-state index in [2.05, 4.69) is 39.4 Å². The van der Waals surface area contributed by atoms with E-state index in [1.807, 2.05) is 72.8 Å². The molecule has 5 saturated heterocycles. The SMILES string of the molecule is C#C.CC(C)(C)OC(=O)N1C[C@@H](O)C[C@@H]1C(=O)Nc1ccccc1Cl.COc1ccc(C2(C(=O)N3CC(=O)C[C@@H]3C(=O)Nc3ccccc3Cl)CCCC2)cc1.COc1ccc(C2(C(=O)N3C[C@@H](O)C[C@@H]3C(=O)Nc3ccccc3Cl)CCCC2)cc1.COc1ccc(C2(C(=O)N3C[C@](C)(O)C[C@@H]3C(=O)Nc3ccccc3Cl)CCCC2)cc1.O=C(O)[C@H]1C[C@H](O)CN1. The van der Waals surface area contributed by atoms with Crippen LogP contribution in [-0.4, -0.2) is 218 Å². The van der Waals surface area contributed by atoms with Gasteiger partial charge in [0, 0.05) is 45.2 Å². The third-order valence-electron chi connectivity index (χ3n) is 24.3. The molecule has 8 fully saturated rings. The number of methoxy groups -OCH3 is 3. The maximum absolute atomic E-state index is 14.0. The van der Waals surface area contributed by atoms with Gasteiger partial charge in [0.25, 0.3) is 0 Å². The fourth-order valence-electron chi connectivity index (χ4n) is 17.9. The third-order valence-corrected chi connectivity index (χ3v) is 25.6. The van der Waals surface area contributed by atoms with Crippen molar-refractivity contribution < 1.29 is 92.4 Å². The minimum Gasteiger partial charge on any atom is -0.497 e. The number of β-amino-alcohol motifs (C(OH)–C–C–N with tert-alkyl or cyclic N) is 4. The van der Waals surface area contributed by atoms with E-state index in [9.17, 15) is 63.3 Å². The molecule has 8 amide bonds. The molecule has 0 bridgehead atoms. The summed E-state index contributed by atoms with van der Waals surface area (Å²) in [6.45, 7) is 7.60. The molecule has 0 spiro atoms. The van der Waals surface area contributed by atoms with Crippen molar-refractivity contribution in [2.75, 3.05) is 75.3 Å². The van der Waals surface area contributed by atoms with Crippen molar-refractivity contribution in [1.82, 2.24) is 24.9 Å². The molecule has 7 aromatic rings. The molecule has 0 unspecified atom stereocenters. The highest BCUT2D eigenvalue weighted by atomic mass is 35.5. The molecule has 128 heavy (non-hydrogen) atoms. The Kier molecular flexibility index (Phi) is 34.5. The lowest BCUT2D eigenvalue weighted by Gasteiger charge is -2.35. The topological polar surface area (TPSA) is 382 Å². The molecular weight excluding hydrogens is 1720 g/mol. The van der Waals surface area contributed by atoms with E-state index in [0.29, 0.717) is 68.6 Å². The van der Waals surface area contributed by atoms with Crippen molar-refractivity contribution in [2.24, 2.45) is 0 Å². The number of likely N-dealkylation sites (tertiary alicyclic amines) is 4. The van der Waals surface area contributed by atoms with Gasteiger partial charge in [-0.1, -0.05) is 170 Å². The van der Waals surface area contributed by atoms with Crippen LogP contribution in [0.4, 0.5) is 27.5 Å². The number of aliphatic hydroxyl groups excluding tert-OH is 3. The number of benzene rings is 7. The van der Waals surface area contributed by atoms with Gasteiger partial charge in [0.05, 0.1) is 124 Å². The van der Waals surface area contributed by atoms with E-state index in [1.54, 1.807) is 156 Å². The van der Waals surface area contributed by atoms with Crippen LogP contribution in [0.15, 0.2) is 170 Å². The summed E-state index contributed by atoms with van der Waals surface area (Å²) in [6.07, 6.45) is 16.2. The standard InChI is InChI=1S/C25H29ClN2O4.C24H27ClN2O4.C24H25ClN2O4.C16H21ClN2O4.C5H9NO3.C2H2/c1-24(31)15-21(22(29)27-20-8-4-3-7-19(20)26)28(16-24)23(30)25(13-5-6-14-25)17-9-11-18(32-2)12-10-17;2*1-31-18-10-8-16(9-11-18)24(12-4-5-13-24)23(30)27-15-17(28)14-21(27)22(29)26-20-7-3-2-6-19(20)25;1-16(2,3)23-15(22)19-9-10(20)8-13(19)14(21)18-12-7-5-4-6-11(12)17;7-3-1-4(5(8)9)6-2-3;1-2/h3-4,7-12,21,31H,5-6,13-16H2,1-2H3,(H,27,29);2-3,6-11,17,21,28H,4-5,12-15H2,1H3,(H,26,29);2-3,6-11,21H,4-5,12-15H2,1H3,(H,26,29);4-7,10,13,20H,8-9H2,1-3H3,(H,18,21);3-4,6-7H,1-2H2,(H,8,9);1-2H/t21-,24-;17-,21+;21-;10-,13+;3-,4+;/m10100./s1. The van der Waals surface area contributed by atoms with Gasteiger partial charge in [0.2, 0.25) is 41.4 Å². The predicted molar refractivity (Wildman–Crippen MR) is 489 cm³/mol. The lowest BCUT2D eigenvalue weighted by molar-refractivity contribution is -0.142. The summed E-state index contributed by atoms with van der Waals surface area (Å²) in [4.78, 5) is 134. The number of para-hydroxylation sites is 4. The number of amides is 8. The predicted octanol–water partition coefficient (Wildman–Crippen LogP) is 13.6. The van der Waals surface area contributed by atoms with Crippen molar-refractivity contribution in [3.8, 4) is 30.1 Å². The number of Topliss-reactive ketones (excluding diaryl/α,β-unsaturated/α-hetero) is 1. The van der Waals surface area contributed by atoms with Crippen molar-refractivity contribution in [2.45, 2.75) is 213 Å². The number of hydrogen-bond donors (Lipinski definition) is 10. The minimum atomic E-state index is -1.14. The maximum Gasteiger partial charge on any atom is 0.411 e. The van der Waals surface area contributed by atoms with Gasteiger partial charge in [-0.15, -0.1) is 12.8 Å². The highest BCUT2D eigenvalue weighted by molar-refractivity contribution is 6.35. The smallest absolute Gasteiger partial charge is 0.411 e. The molecule has 0 radical (unpaired) electrons. The Morgan fingerprint density at radius 2 is 0.766 bits per heavy atom. The molecule has 3 aliphatic carbocycles. The Morgan fingerprint density at radius 3 is 1.09 bits per heavy atom. The van der Waals surface area contributed by atoms with Crippen LogP contribution in [0.2, 0.25) is 20.1 Å². The van der Waals surface area contributed by atoms with Crippen LogP contribution in [0.5, 0.6) is 17.2 Å². The molecule has 7 aromatic carbocycles. The second-order valence-electron chi connectivity index (χ2n) is 34.4. The molecule has 10 N–H and O–H groups in total. The normalized spacial score (nSPS) is 22.6. The molecule has 8 aliphatic rings. The molecular formula is C96H113Cl4N9O19. The number of nitrogens with one attached hydrogen (secondary N) is 5. The van der Waals surface area contributed by atoms with E-state index < -0.39 is 99.8 Å². The van der Waals surface area contributed by atoms with Crippen molar-refractivity contribution in [1.29, 1.82) is 0 Å². The first-order valence-corrected chi connectivity index (χ1v) is 44.2. The number of aliphatic carboxylic acids is 1. The van der Waals surface area contributed by atoms with Crippen LogP contribution in [0.3, 0.4) is 0 Å². The van der Waals surface area contributed by atoms with Gasteiger partial charge in [-0.25, -0.2) is 4.79 Å². The molecule has 28 nitrogen and oxygen atoms in total. The number of anilines is 4. The first-order chi connectivity index (χ1) is 61.0. The van der Waals surface area contributed by atoms with E-state index in [-0.39, 0.29) is 87.2 Å². The van der Waals surface area contributed by atoms with Gasteiger partial charge < -0.3 is 85.8 Å². The molecule has 684 valence electrons. The number of terminal acetylenes is 1. The second-order valence-corrected chi connectivity index (χ2v) is 36.0. The first kappa shape index (κ1) is 99.3. The average Bonchev–Trinajstić information content (AvgIpc) is 1.59. The zero-order chi connectivity index (χ0) is 93.0. The molecule has 5 aliphatic heterocycles. The number of carbonyl (C=O) groups excluding carboxylic acids is 9. The van der Waals surface area contributed by atoms with Gasteiger partial charge in [-0.2, -0.15) is 0 Å². The first-order valence-electron chi connectivity index (χ1n) is 42.7. The maximum atomic E-state index is 14.0. The highest BCUT2D eigenvalue weighted by Crippen LogP contribution is 2.49. The van der Waals surface area contributed by atoms with E-state index in [4.69, 9.17) is 75.6 Å². The lowest BCUT2D eigenvalue weighted by Crippen LogP contribution is -2.51. The number of aliphatic hydroxyl groups is 4. The molecule has 3 saturated carbocycles. The molecule has 32 heteroatoms. The van der Waals surface area contributed by atoms with Gasteiger partial charge in [0.1, 0.15) is 53.1 Å². The number of rotatable bonds is 18. The Bertz CT molecular complexity index is 5070. The van der Waals surface area contributed by atoms with Crippen molar-refractivity contribution in [3.05, 3.63) is 207 Å². The summed E-state index contributed by atoms with van der Waals surface area (Å²) in [5.74, 6) is -0.625. The van der Waals surface area contributed by atoms with Gasteiger partial charge in [-0.05, 0) is 168 Å². The summed E-state index contributed by atoms with van der Waals surface area (Å²) >= 11 is 24.6. The highest BCUT2D eigenvalue weighted by Gasteiger charge is 2.55. The number of carbonyl (C=O) groups is 10. The summed E-state index contributed by atoms with van der Waals surface area (Å²) in [6, 6.07) is 46.7. The number of carboxylic acid groups (broad SMARTS) is 1. The summed E-state index contributed by atoms with van der Waals surface area (Å²) in [7, 11) is 4.82. The summed E-state index contributed by atoms with van der Waals surface area (Å²) in [5, 5.41) is 63.6. The quantitative estimate of drug-likeness (QED) is 0.0357. The van der Waals surface area contributed by atoms with E-state index >= 15 is 0 Å². The van der Waals surface area contributed by atoms with Crippen LogP contribution in [0.1, 0.15) is 154 Å². The van der Waals surface area contributed by atoms with Crippen LogP contribution in [-0.2, 0) is 64.1 Å². The minimum absolute atomic E-state index is 0.0146. The number of ether oxygens (including phenoxy) is 4. The molecule has 5 heterocycles. The van der Waals surface area contributed by atoms with E-state index in [1.165, 1.54) is 9.80 Å².